The van der Waals surface area contributed by atoms with E-state index >= 15 is 0 Å². The molecule has 0 radical (unpaired) electrons. The number of nitrogens with zero attached hydrogens (tertiary/aromatic N) is 3. The predicted molar refractivity (Wildman–Crippen MR) is 89.9 cm³/mol. The van der Waals surface area contributed by atoms with Gasteiger partial charge in [0.25, 0.3) is 5.91 Å². The minimum Gasteiger partial charge on any atom is -0.336 e. The summed E-state index contributed by atoms with van der Waals surface area (Å²) in [5.41, 5.74) is 1.65. The molecular weight excluding hydrogens is 290 g/mol. The van der Waals surface area contributed by atoms with Gasteiger partial charge in [0, 0.05) is 44.6 Å². The average molecular weight is 315 g/mol. The number of carbonyl (C=O) groups excluding carboxylic acids is 2. The Labute approximate surface area is 138 Å². The number of rotatable bonds is 2. The lowest BCUT2D eigenvalue weighted by molar-refractivity contribution is -0.127. The summed E-state index contributed by atoms with van der Waals surface area (Å²) in [4.78, 5) is 32.3. The van der Waals surface area contributed by atoms with Crippen LogP contribution < -0.4 is 0 Å². The smallest absolute Gasteiger partial charge is 0.255 e. The highest BCUT2D eigenvalue weighted by Crippen LogP contribution is 2.24. The fraction of sp³-hybridized carbons (Fsp3) is 0.500. The van der Waals surface area contributed by atoms with Crippen molar-refractivity contribution in [3.05, 3.63) is 41.7 Å². The van der Waals surface area contributed by atoms with Gasteiger partial charge in [-0.1, -0.05) is 26.3 Å². The highest BCUT2D eigenvalue weighted by atomic mass is 16.2. The maximum atomic E-state index is 12.4. The van der Waals surface area contributed by atoms with Crippen LogP contribution in [0.25, 0.3) is 0 Å². The minimum absolute atomic E-state index is 0.00619. The van der Waals surface area contributed by atoms with Crippen LogP contribution in [0.5, 0.6) is 0 Å². The van der Waals surface area contributed by atoms with E-state index in [9.17, 15) is 9.59 Å². The number of hydrogen-bond acceptors (Lipinski definition) is 3. The third kappa shape index (κ3) is 4.41. The van der Waals surface area contributed by atoms with Crippen LogP contribution in [-0.4, -0.2) is 52.8 Å². The van der Waals surface area contributed by atoms with E-state index in [2.05, 4.69) is 25.8 Å². The molecule has 0 spiro atoms. The maximum Gasteiger partial charge on any atom is 0.255 e. The van der Waals surface area contributed by atoms with E-state index in [1.54, 1.807) is 35.5 Å². The fourth-order valence-corrected chi connectivity index (χ4v) is 2.29. The van der Waals surface area contributed by atoms with Gasteiger partial charge in [-0.2, -0.15) is 0 Å². The topological polar surface area (TPSA) is 53.5 Å². The summed E-state index contributed by atoms with van der Waals surface area (Å²) in [5, 5.41) is 0. The van der Waals surface area contributed by atoms with Crippen molar-refractivity contribution in [1.82, 2.24) is 14.8 Å². The Morgan fingerprint density at radius 3 is 2.26 bits per heavy atom. The molecule has 0 unspecified atom stereocenters. The molecule has 1 saturated heterocycles. The second-order valence-corrected chi connectivity index (χ2v) is 6.94. The summed E-state index contributed by atoms with van der Waals surface area (Å²) >= 11 is 0. The van der Waals surface area contributed by atoms with Crippen molar-refractivity contribution in [2.24, 2.45) is 5.41 Å². The molecule has 1 aromatic heterocycles. The monoisotopic (exact) mass is 315 g/mol. The quantitative estimate of drug-likeness (QED) is 0.787. The van der Waals surface area contributed by atoms with Crippen LogP contribution >= 0.6 is 0 Å². The molecule has 5 heteroatoms. The van der Waals surface area contributed by atoms with Crippen molar-refractivity contribution in [3.63, 3.8) is 0 Å². The molecule has 1 aliphatic heterocycles. The highest BCUT2D eigenvalue weighted by Gasteiger charge is 2.25. The number of piperazine rings is 1. The van der Waals surface area contributed by atoms with Crippen LogP contribution in [-0.2, 0) is 4.79 Å². The second kappa shape index (κ2) is 6.94. The van der Waals surface area contributed by atoms with Crippen LogP contribution in [0, 0.1) is 5.41 Å². The van der Waals surface area contributed by atoms with Crippen molar-refractivity contribution >= 4 is 11.8 Å². The molecule has 2 rings (SSSR count). The summed E-state index contributed by atoms with van der Waals surface area (Å²) in [6.07, 6.45) is 4.95. The molecule has 0 bridgehead atoms. The first-order valence-electron chi connectivity index (χ1n) is 7.96. The Kier molecular flexibility index (Phi) is 5.19. The molecule has 2 heterocycles. The zero-order valence-corrected chi connectivity index (χ0v) is 14.4. The number of aromatic nitrogens is 1. The highest BCUT2D eigenvalue weighted by molar-refractivity contribution is 5.94. The Bertz CT molecular complexity index is 594. The molecule has 5 nitrogen and oxygen atoms in total. The number of carbonyl (C=O) groups is 2. The van der Waals surface area contributed by atoms with Gasteiger partial charge in [0.2, 0.25) is 5.91 Å². The fourth-order valence-electron chi connectivity index (χ4n) is 2.29. The predicted octanol–water partition coefficient (Wildman–Crippen LogP) is 2.36. The van der Waals surface area contributed by atoms with Crippen molar-refractivity contribution in [2.75, 3.05) is 26.2 Å². The van der Waals surface area contributed by atoms with Gasteiger partial charge in [-0.05, 0) is 24.5 Å². The van der Waals surface area contributed by atoms with Gasteiger partial charge in [0.15, 0.2) is 0 Å². The lowest BCUT2D eigenvalue weighted by atomic mass is 9.87. The molecule has 2 amide bonds. The third-order valence-electron chi connectivity index (χ3n) is 4.31. The van der Waals surface area contributed by atoms with Crippen molar-refractivity contribution in [1.29, 1.82) is 0 Å². The second-order valence-electron chi connectivity index (χ2n) is 6.94. The van der Waals surface area contributed by atoms with E-state index in [1.165, 1.54) is 0 Å². The molecule has 1 fully saturated rings. The molecule has 1 aliphatic rings. The normalized spacial score (nSPS) is 16.4. The van der Waals surface area contributed by atoms with Gasteiger partial charge in [-0.25, -0.2) is 0 Å². The van der Waals surface area contributed by atoms with Gasteiger partial charge in [0.1, 0.15) is 0 Å². The van der Waals surface area contributed by atoms with E-state index in [4.69, 9.17) is 0 Å². The van der Waals surface area contributed by atoms with Crippen molar-refractivity contribution < 1.29 is 9.59 Å². The minimum atomic E-state index is -0.0217. The molecular formula is C18H25N3O2. The zero-order chi connectivity index (χ0) is 17.0. The Morgan fingerprint density at radius 1 is 1.13 bits per heavy atom. The van der Waals surface area contributed by atoms with E-state index in [-0.39, 0.29) is 17.2 Å². The molecule has 124 valence electrons. The summed E-state index contributed by atoms with van der Waals surface area (Å²) in [6.45, 7) is 10.5. The number of allylic oxidation sites excluding steroid dienone is 1. The average Bonchev–Trinajstić information content (AvgIpc) is 2.54. The summed E-state index contributed by atoms with van der Waals surface area (Å²) < 4.78 is 0. The molecule has 0 aromatic carbocycles. The molecule has 1 aromatic rings. The Hall–Kier alpha value is -2.17. The van der Waals surface area contributed by atoms with Gasteiger partial charge < -0.3 is 9.80 Å². The Morgan fingerprint density at radius 2 is 1.74 bits per heavy atom. The molecule has 0 N–H and O–H groups in total. The molecule has 23 heavy (non-hydrogen) atoms. The van der Waals surface area contributed by atoms with Gasteiger partial charge in [-0.15, -0.1) is 0 Å². The lowest BCUT2D eigenvalue weighted by Gasteiger charge is -2.34. The van der Waals surface area contributed by atoms with Gasteiger partial charge in [0.05, 0.1) is 5.56 Å². The van der Waals surface area contributed by atoms with Crippen LogP contribution in [0.3, 0.4) is 0 Å². The molecule has 0 atom stereocenters. The van der Waals surface area contributed by atoms with Crippen LogP contribution in [0.1, 0.15) is 38.1 Å². The van der Waals surface area contributed by atoms with Crippen molar-refractivity contribution in [2.45, 2.75) is 27.7 Å². The largest absolute Gasteiger partial charge is 0.336 e. The summed E-state index contributed by atoms with van der Waals surface area (Å²) in [5.74, 6) is 0.0116. The van der Waals surface area contributed by atoms with Crippen LogP contribution in [0.15, 0.2) is 36.2 Å². The summed E-state index contributed by atoms with van der Waals surface area (Å²) in [6, 6.07) is 3.52. The summed E-state index contributed by atoms with van der Waals surface area (Å²) in [7, 11) is 0. The molecule has 0 saturated carbocycles. The van der Waals surface area contributed by atoms with Crippen molar-refractivity contribution in [3.8, 4) is 0 Å². The first-order chi connectivity index (χ1) is 10.8. The van der Waals surface area contributed by atoms with E-state index in [0.717, 1.165) is 5.57 Å². The number of pyridine rings is 1. The standard InChI is InChI=1S/C18H25N3O2/c1-14(18(2,3)4)12-16(22)20-8-10-21(11-9-20)17(23)15-6-5-7-19-13-15/h5-7,12-13H,8-11H2,1-4H3/b14-12+. The van der Waals surface area contributed by atoms with Crippen LogP contribution in [0.2, 0.25) is 0 Å². The first-order valence-corrected chi connectivity index (χ1v) is 7.96. The Balaban J connectivity index is 1.94. The van der Waals surface area contributed by atoms with Gasteiger partial charge in [-0.3, -0.25) is 14.6 Å². The number of hydrogen-bond donors (Lipinski definition) is 0. The lowest BCUT2D eigenvalue weighted by Crippen LogP contribution is -2.50. The van der Waals surface area contributed by atoms with E-state index in [1.807, 2.05) is 11.8 Å². The van der Waals surface area contributed by atoms with E-state index < -0.39 is 0 Å². The number of amides is 2. The van der Waals surface area contributed by atoms with E-state index in [0.29, 0.717) is 31.7 Å². The zero-order valence-electron chi connectivity index (χ0n) is 14.4. The van der Waals surface area contributed by atoms with Crippen LogP contribution in [0.4, 0.5) is 0 Å². The SMILES string of the molecule is C/C(=C\C(=O)N1CCN(C(=O)c2cccnc2)CC1)C(C)(C)C. The maximum absolute atomic E-state index is 12.4. The van der Waals surface area contributed by atoms with Gasteiger partial charge >= 0.3 is 0 Å². The first kappa shape index (κ1) is 17.2. The third-order valence-corrected chi connectivity index (χ3v) is 4.31. The molecule has 0 aliphatic carbocycles.